The molecule has 1 aliphatic rings. The lowest BCUT2D eigenvalue weighted by Crippen LogP contribution is -2.58. The minimum Gasteiger partial charge on any atom is -0.480 e. The van der Waals surface area contributed by atoms with E-state index in [1.807, 2.05) is 0 Å². The Morgan fingerprint density at radius 2 is 1.21 bits per heavy atom. The molecule has 1 aliphatic heterocycles. The van der Waals surface area contributed by atoms with Crippen molar-refractivity contribution in [1.29, 1.82) is 0 Å². The van der Waals surface area contributed by atoms with Gasteiger partial charge >= 0.3 is 5.97 Å². The summed E-state index contributed by atoms with van der Waals surface area (Å²) >= 11 is 0. The molecule has 234 valence electrons. The van der Waals surface area contributed by atoms with E-state index < -0.39 is 83.9 Å². The van der Waals surface area contributed by atoms with Crippen LogP contribution in [0.4, 0.5) is 0 Å². The van der Waals surface area contributed by atoms with Crippen LogP contribution in [0, 0.1) is 0 Å². The van der Waals surface area contributed by atoms with E-state index in [4.69, 9.17) is 22.3 Å². The highest BCUT2D eigenvalue weighted by molar-refractivity contribution is 5.96. The van der Waals surface area contributed by atoms with Crippen LogP contribution >= 0.6 is 0 Å². The summed E-state index contributed by atoms with van der Waals surface area (Å²) in [5.74, 6) is -7.53. The Morgan fingerprint density at radius 1 is 0.762 bits per heavy atom. The smallest absolute Gasteiger partial charge is 0.322 e. The van der Waals surface area contributed by atoms with Gasteiger partial charge in [-0.05, 0) is 32.1 Å². The predicted molar refractivity (Wildman–Crippen MR) is 142 cm³/mol. The zero-order valence-corrected chi connectivity index (χ0v) is 23.2. The molecule has 0 bridgehead atoms. The molecule has 0 unspecified atom stereocenters. The Balaban J connectivity index is 3.18. The minimum atomic E-state index is -1.45. The van der Waals surface area contributed by atoms with E-state index in [2.05, 4.69) is 21.3 Å². The van der Waals surface area contributed by atoms with Gasteiger partial charge in [-0.15, -0.1) is 0 Å². The largest absolute Gasteiger partial charge is 0.480 e. The normalized spacial score (nSPS) is 16.3. The monoisotopic (exact) mass is 598 g/mol. The number of nitrogens with one attached hydrogen (secondary N) is 4. The first-order valence-electron chi connectivity index (χ1n) is 13.1. The number of primary amides is 3. The Morgan fingerprint density at radius 3 is 1.67 bits per heavy atom. The summed E-state index contributed by atoms with van der Waals surface area (Å²) in [6, 6.07) is -5.14. The summed E-state index contributed by atoms with van der Waals surface area (Å²) in [7, 11) is 0. The third-order valence-corrected chi connectivity index (χ3v) is 6.23. The lowest BCUT2D eigenvalue weighted by Gasteiger charge is -2.30. The fraction of sp³-hybridized carbons (Fsp3) is 0.625. The van der Waals surface area contributed by atoms with Crippen LogP contribution in [0.1, 0.15) is 58.3 Å². The molecule has 1 heterocycles. The third kappa shape index (κ3) is 12.6. The molecular formula is C24H38N8O10. The molecule has 0 aromatic rings. The van der Waals surface area contributed by atoms with Gasteiger partial charge in [-0.1, -0.05) is 0 Å². The molecular weight excluding hydrogens is 560 g/mol. The summed E-state index contributed by atoms with van der Waals surface area (Å²) in [6.07, 6.45) is -1.11. The molecule has 1 rings (SSSR count). The second-order valence-electron chi connectivity index (χ2n) is 9.69. The maximum Gasteiger partial charge on any atom is 0.322 e. The molecule has 0 spiro atoms. The number of carbonyl (C=O) groups is 9. The molecule has 0 radical (unpaired) electrons. The molecule has 18 heteroatoms. The van der Waals surface area contributed by atoms with Crippen LogP contribution in [0.5, 0.6) is 0 Å². The van der Waals surface area contributed by atoms with E-state index in [0.717, 1.165) is 11.8 Å². The molecule has 42 heavy (non-hydrogen) atoms. The Bertz CT molecular complexity index is 1080. The molecule has 4 atom stereocenters. The number of hydrogen-bond donors (Lipinski definition) is 8. The topological polar surface area (TPSA) is 303 Å². The Labute approximate surface area is 240 Å². The van der Waals surface area contributed by atoms with Gasteiger partial charge in [0.15, 0.2) is 0 Å². The van der Waals surface area contributed by atoms with Gasteiger partial charge in [-0.3, -0.25) is 43.2 Å². The van der Waals surface area contributed by atoms with Crippen LogP contribution in [0.15, 0.2) is 0 Å². The Hall–Kier alpha value is -4.77. The molecule has 0 saturated carbocycles. The van der Waals surface area contributed by atoms with E-state index in [0.29, 0.717) is 6.42 Å². The Kier molecular flexibility index (Phi) is 14.4. The van der Waals surface area contributed by atoms with Crippen molar-refractivity contribution < 1.29 is 48.3 Å². The van der Waals surface area contributed by atoms with E-state index in [1.54, 1.807) is 0 Å². The van der Waals surface area contributed by atoms with Crippen molar-refractivity contribution in [2.45, 2.75) is 82.5 Å². The van der Waals surface area contributed by atoms with Crippen molar-refractivity contribution in [2.75, 3.05) is 13.1 Å². The molecule has 0 aromatic carbocycles. The first kappa shape index (κ1) is 35.3. The number of rotatable bonds is 18. The minimum absolute atomic E-state index is 0.104. The first-order chi connectivity index (χ1) is 19.6. The summed E-state index contributed by atoms with van der Waals surface area (Å²) in [5.41, 5.74) is 15.6. The second kappa shape index (κ2) is 17.1. The van der Waals surface area contributed by atoms with Gasteiger partial charge in [-0.25, -0.2) is 0 Å². The maximum absolute atomic E-state index is 13.4. The molecule has 1 fully saturated rings. The lowest BCUT2D eigenvalue weighted by atomic mass is 10.0. The second-order valence-corrected chi connectivity index (χ2v) is 9.69. The summed E-state index contributed by atoms with van der Waals surface area (Å²) in [5, 5.41) is 18.2. The van der Waals surface area contributed by atoms with Gasteiger partial charge in [0, 0.05) is 32.7 Å². The SMILES string of the molecule is CC(=O)N[C@@H](CCC(N)=O)C(=O)N[C@@H](CCC(N)=O)C(=O)N[C@@H](CCC(N)=O)C(=O)N1CCC[C@H]1C(=O)NCC(=O)O. The number of carbonyl (C=O) groups excluding carboxylic acids is 8. The van der Waals surface area contributed by atoms with Gasteiger partial charge < -0.3 is 48.5 Å². The number of likely N-dealkylation sites (tertiary alicyclic amines) is 1. The summed E-state index contributed by atoms with van der Waals surface area (Å²) < 4.78 is 0. The van der Waals surface area contributed by atoms with Crippen LogP contribution in [-0.2, 0) is 43.2 Å². The van der Waals surface area contributed by atoms with E-state index in [1.165, 1.54) is 0 Å². The maximum atomic E-state index is 13.4. The van der Waals surface area contributed by atoms with E-state index >= 15 is 0 Å². The molecule has 8 amide bonds. The van der Waals surface area contributed by atoms with Crippen LogP contribution < -0.4 is 38.5 Å². The fourth-order valence-electron chi connectivity index (χ4n) is 4.23. The van der Waals surface area contributed by atoms with Crippen LogP contribution in [0.2, 0.25) is 0 Å². The summed E-state index contributed by atoms with van der Waals surface area (Å²) in [4.78, 5) is 110. The molecule has 18 nitrogen and oxygen atoms in total. The quantitative estimate of drug-likeness (QED) is 0.0747. The van der Waals surface area contributed by atoms with E-state index in [-0.39, 0.29) is 51.5 Å². The van der Waals surface area contributed by atoms with Crippen LogP contribution in [0.25, 0.3) is 0 Å². The number of carboxylic acid groups (broad SMARTS) is 1. The van der Waals surface area contributed by atoms with E-state index in [9.17, 15) is 43.2 Å². The van der Waals surface area contributed by atoms with Crippen molar-refractivity contribution in [3.05, 3.63) is 0 Å². The lowest BCUT2D eigenvalue weighted by molar-refractivity contribution is -0.143. The van der Waals surface area contributed by atoms with Gasteiger partial charge in [0.2, 0.25) is 47.3 Å². The zero-order valence-electron chi connectivity index (χ0n) is 23.2. The number of amides is 8. The summed E-state index contributed by atoms with van der Waals surface area (Å²) in [6.45, 7) is 0.566. The fourth-order valence-corrected chi connectivity index (χ4v) is 4.23. The van der Waals surface area contributed by atoms with Crippen molar-refractivity contribution in [1.82, 2.24) is 26.2 Å². The zero-order chi connectivity index (χ0) is 32.0. The first-order valence-corrected chi connectivity index (χ1v) is 13.1. The molecule has 11 N–H and O–H groups in total. The highest BCUT2D eigenvalue weighted by Gasteiger charge is 2.38. The third-order valence-electron chi connectivity index (χ3n) is 6.23. The van der Waals surface area contributed by atoms with Crippen molar-refractivity contribution in [2.24, 2.45) is 17.2 Å². The molecule has 0 aliphatic carbocycles. The van der Waals surface area contributed by atoms with Crippen LogP contribution in [0.3, 0.4) is 0 Å². The van der Waals surface area contributed by atoms with Gasteiger partial charge in [-0.2, -0.15) is 0 Å². The number of hydrogen-bond acceptors (Lipinski definition) is 9. The highest BCUT2D eigenvalue weighted by atomic mass is 16.4. The average Bonchev–Trinajstić information content (AvgIpc) is 3.38. The molecule has 0 aromatic heterocycles. The van der Waals surface area contributed by atoms with Crippen molar-refractivity contribution in [3.8, 4) is 0 Å². The van der Waals surface area contributed by atoms with Crippen molar-refractivity contribution >= 4 is 53.2 Å². The number of carboxylic acids is 1. The standard InChI is InChI=1S/C24H38N8O10/c1-12(33)29-13(4-7-17(25)34)21(39)30-14(5-8-18(26)35)22(40)31-15(6-9-19(27)36)24(42)32-10-2-3-16(32)23(41)28-11-20(37)38/h13-16H,2-11H2,1H3,(H2,25,34)(H2,26,35)(H2,27,36)(H,28,41)(H,29,33)(H,30,39)(H,31,40)(H,37,38)/t13-,14-,15-,16-/m0/s1. The number of nitrogens with zero attached hydrogens (tertiary/aromatic N) is 1. The highest BCUT2D eigenvalue weighted by Crippen LogP contribution is 2.20. The molecule has 1 saturated heterocycles. The average molecular weight is 599 g/mol. The van der Waals surface area contributed by atoms with Gasteiger partial charge in [0.05, 0.1) is 0 Å². The van der Waals surface area contributed by atoms with Crippen molar-refractivity contribution in [3.63, 3.8) is 0 Å². The number of nitrogens with two attached hydrogens (primary N) is 3. The van der Waals surface area contributed by atoms with Crippen LogP contribution in [-0.4, -0.2) is 100 Å². The number of aliphatic carboxylic acids is 1. The van der Waals surface area contributed by atoms with Gasteiger partial charge in [0.25, 0.3) is 0 Å². The predicted octanol–water partition coefficient (Wildman–Crippen LogP) is -4.55. The van der Waals surface area contributed by atoms with Gasteiger partial charge in [0.1, 0.15) is 30.7 Å².